The van der Waals surface area contributed by atoms with Crippen LogP contribution in [0.25, 0.3) is 0 Å². The van der Waals surface area contributed by atoms with E-state index in [0.717, 1.165) is 17.8 Å². The molecule has 0 aliphatic rings. The Balaban J connectivity index is 2.32. The summed E-state index contributed by atoms with van der Waals surface area (Å²) in [6.07, 6.45) is -2.82. The van der Waals surface area contributed by atoms with E-state index in [1.807, 2.05) is 13.0 Å². The van der Waals surface area contributed by atoms with E-state index in [4.69, 9.17) is 11.6 Å². The summed E-state index contributed by atoms with van der Waals surface area (Å²) in [6.45, 7) is 2.68. The summed E-state index contributed by atoms with van der Waals surface area (Å²) in [5.41, 5.74) is -0.0633. The third kappa shape index (κ3) is 4.07. The minimum absolute atomic E-state index is 0.181. The van der Waals surface area contributed by atoms with Crippen LogP contribution in [0.1, 0.15) is 18.2 Å². The summed E-state index contributed by atoms with van der Waals surface area (Å²) in [4.78, 5) is 9.82. The van der Waals surface area contributed by atoms with Crippen LogP contribution in [-0.2, 0) is 12.7 Å². The van der Waals surface area contributed by atoms with E-state index in [-0.39, 0.29) is 11.0 Å². The molecule has 21 heavy (non-hydrogen) atoms. The molecule has 0 aromatic carbocycles. The Labute approximate surface area is 125 Å². The molecule has 0 bridgehead atoms. The van der Waals surface area contributed by atoms with Gasteiger partial charge in [0.2, 0.25) is 0 Å². The average Bonchev–Trinajstić information content (AvgIpc) is 2.44. The van der Waals surface area contributed by atoms with Gasteiger partial charge in [0.25, 0.3) is 0 Å². The Bertz CT molecular complexity index is 602. The van der Waals surface area contributed by atoms with Gasteiger partial charge in [0.05, 0.1) is 17.8 Å². The molecule has 0 saturated heterocycles. The van der Waals surface area contributed by atoms with Crippen molar-refractivity contribution in [3.05, 3.63) is 52.9 Å². The van der Waals surface area contributed by atoms with Gasteiger partial charge in [-0.05, 0) is 31.2 Å². The van der Waals surface area contributed by atoms with Crippen LogP contribution >= 0.6 is 11.6 Å². The van der Waals surface area contributed by atoms with Gasteiger partial charge in [0, 0.05) is 12.7 Å². The molecule has 2 aromatic rings. The van der Waals surface area contributed by atoms with Crippen molar-refractivity contribution in [1.29, 1.82) is 0 Å². The highest BCUT2D eigenvalue weighted by molar-refractivity contribution is 6.29. The highest BCUT2D eigenvalue weighted by Gasteiger charge is 2.32. The second-order valence-corrected chi connectivity index (χ2v) is 4.76. The number of alkyl halides is 3. The predicted molar refractivity (Wildman–Crippen MR) is 75.2 cm³/mol. The summed E-state index contributed by atoms with van der Waals surface area (Å²) >= 11 is 5.71. The quantitative estimate of drug-likeness (QED) is 0.793. The molecule has 0 aliphatic heterocycles. The molecule has 0 N–H and O–H groups in total. The number of hydrogen-bond donors (Lipinski definition) is 0. The van der Waals surface area contributed by atoms with Crippen molar-refractivity contribution in [3.8, 4) is 0 Å². The number of anilines is 1. The fraction of sp³-hybridized carbons (Fsp3) is 0.286. The van der Waals surface area contributed by atoms with E-state index >= 15 is 0 Å². The van der Waals surface area contributed by atoms with Gasteiger partial charge in [0.15, 0.2) is 0 Å². The first-order chi connectivity index (χ1) is 9.90. The van der Waals surface area contributed by atoms with Crippen molar-refractivity contribution in [3.63, 3.8) is 0 Å². The molecule has 0 spiro atoms. The van der Waals surface area contributed by atoms with Crippen molar-refractivity contribution in [2.24, 2.45) is 0 Å². The number of pyridine rings is 2. The Hall–Kier alpha value is -1.82. The second kappa shape index (κ2) is 6.30. The van der Waals surface area contributed by atoms with Gasteiger partial charge in [-0.3, -0.25) is 4.98 Å². The van der Waals surface area contributed by atoms with Crippen LogP contribution in [0.4, 0.5) is 19.0 Å². The molecule has 0 fully saturated rings. The monoisotopic (exact) mass is 315 g/mol. The van der Waals surface area contributed by atoms with E-state index in [2.05, 4.69) is 9.97 Å². The zero-order valence-electron chi connectivity index (χ0n) is 11.2. The number of hydrogen-bond acceptors (Lipinski definition) is 3. The maximum absolute atomic E-state index is 12.8. The molecule has 0 aliphatic carbocycles. The van der Waals surface area contributed by atoms with Crippen molar-refractivity contribution in [1.82, 2.24) is 9.97 Å². The van der Waals surface area contributed by atoms with Crippen LogP contribution in [0, 0.1) is 0 Å². The largest absolute Gasteiger partial charge is 0.416 e. The number of halogens is 4. The van der Waals surface area contributed by atoms with Crippen molar-refractivity contribution >= 4 is 17.4 Å². The standard InChI is InChI=1S/C14H13ClF3N3/c1-2-21(9-11-5-3-4-6-19-11)13-8-10(14(16,17)18)7-12(15)20-13/h3-8H,2,9H2,1H3. The lowest BCUT2D eigenvalue weighted by molar-refractivity contribution is -0.137. The summed E-state index contributed by atoms with van der Waals surface area (Å²) in [5.74, 6) is 0.183. The molecule has 112 valence electrons. The van der Waals surface area contributed by atoms with E-state index in [9.17, 15) is 13.2 Å². The maximum Gasteiger partial charge on any atom is 0.416 e. The lowest BCUT2D eigenvalue weighted by Crippen LogP contribution is -2.24. The van der Waals surface area contributed by atoms with Gasteiger partial charge in [-0.25, -0.2) is 4.98 Å². The van der Waals surface area contributed by atoms with E-state index in [1.165, 1.54) is 0 Å². The first kappa shape index (κ1) is 15.6. The molecule has 2 heterocycles. The Morgan fingerprint density at radius 2 is 2.00 bits per heavy atom. The van der Waals surface area contributed by atoms with Crippen LogP contribution in [0.15, 0.2) is 36.5 Å². The zero-order valence-corrected chi connectivity index (χ0v) is 12.0. The summed E-state index contributed by atoms with van der Waals surface area (Å²) in [6, 6.07) is 7.22. The molecule has 7 heteroatoms. The fourth-order valence-corrected chi connectivity index (χ4v) is 2.05. The minimum atomic E-state index is -4.45. The van der Waals surface area contributed by atoms with Crippen LogP contribution in [0.5, 0.6) is 0 Å². The second-order valence-electron chi connectivity index (χ2n) is 4.37. The van der Waals surface area contributed by atoms with Crippen molar-refractivity contribution < 1.29 is 13.2 Å². The third-order valence-electron chi connectivity index (χ3n) is 2.89. The molecular formula is C14H13ClF3N3. The van der Waals surface area contributed by atoms with E-state index in [0.29, 0.717) is 13.1 Å². The highest BCUT2D eigenvalue weighted by atomic mass is 35.5. The summed E-state index contributed by atoms with van der Waals surface area (Å²) in [5, 5.41) is -0.181. The summed E-state index contributed by atoms with van der Waals surface area (Å²) < 4.78 is 38.5. The predicted octanol–water partition coefficient (Wildman–Crippen LogP) is 4.18. The van der Waals surface area contributed by atoms with Crippen LogP contribution in [-0.4, -0.2) is 16.5 Å². The first-order valence-electron chi connectivity index (χ1n) is 6.30. The molecule has 0 radical (unpaired) electrons. The lowest BCUT2D eigenvalue weighted by atomic mass is 10.2. The van der Waals surface area contributed by atoms with Crippen LogP contribution in [0.2, 0.25) is 5.15 Å². The molecule has 0 unspecified atom stereocenters. The van der Waals surface area contributed by atoms with Gasteiger partial charge in [-0.1, -0.05) is 17.7 Å². The van der Waals surface area contributed by atoms with E-state index < -0.39 is 11.7 Å². The van der Waals surface area contributed by atoms with Gasteiger partial charge < -0.3 is 4.90 Å². The van der Waals surface area contributed by atoms with Gasteiger partial charge in [-0.15, -0.1) is 0 Å². The van der Waals surface area contributed by atoms with Gasteiger partial charge >= 0.3 is 6.18 Å². The number of aromatic nitrogens is 2. The maximum atomic E-state index is 12.8. The SMILES string of the molecule is CCN(Cc1ccccn1)c1cc(C(F)(F)F)cc(Cl)n1. The van der Waals surface area contributed by atoms with Crippen molar-refractivity contribution in [2.45, 2.75) is 19.6 Å². The van der Waals surface area contributed by atoms with Crippen LogP contribution < -0.4 is 4.90 Å². The van der Waals surface area contributed by atoms with Crippen molar-refractivity contribution in [2.75, 3.05) is 11.4 Å². The molecule has 2 rings (SSSR count). The smallest absolute Gasteiger partial charge is 0.351 e. The first-order valence-corrected chi connectivity index (χ1v) is 6.67. The topological polar surface area (TPSA) is 29.0 Å². The number of rotatable bonds is 4. The molecular weight excluding hydrogens is 303 g/mol. The Kier molecular flexibility index (Phi) is 4.67. The molecule has 0 saturated carbocycles. The zero-order chi connectivity index (χ0) is 15.5. The Morgan fingerprint density at radius 3 is 2.57 bits per heavy atom. The minimum Gasteiger partial charge on any atom is -0.351 e. The van der Waals surface area contributed by atoms with E-state index in [1.54, 1.807) is 23.2 Å². The summed E-state index contributed by atoms with van der Waals surface area (Å²) in [7, 11) is 0. The Morgan fingerprint density at radius 1 is 1.24 bits per heavy atom. The third-order valence-corrected chi connectivity index (χ3v) is 3.09. The molecule has 2 aromatic heterocycles. The number of nitrogens with zero attached hydrogens (tertiary/aromatic N) is 3. The van der Waals surface area contributed by atoms with Crippen LogP contribution in [0.3, 0.4) is 0 Å². The molecule has 3 nitrogen and oxygen atoms in total. The van der Waals surface area contributed by atoms with Gasteiger partial charge in [-0.2, -0.15) is 13.2 Å². The normalized spacial score (nSPS) is 11.5. The highest BCUT2D eigenvalue weighted by Crippen LogP contribution is 2.33. The van der Waals surface area contributed by atoms with Gasteiger partial charge in [0.1, 0.15) is 11.0 Å². The molecule has 0 atom stereocenters. The lowest BCUT2D eigenvalue weighted by Gasteiger charge is -2.22. The molecule has 0 amide bonds. The average molecular weight is 316 g/mol. The fourth-order valence-electron chi connectivity index (χ4n) is 1.85.